The molecule has 1 saturated carbocycles. The molecule has 2 unspecified atom stereocenters. The van der Waals surface area contributed by atoms with Gasteiger partial charge >= 0.3 is 11.9 Å². The second kappa shape index (κ2) is 4.98. The SMILES string of the molecule is [CH2]OC(=O)C1CCCCC1C(=O)O[CH2]. The minimum atomic E-state index is -0.430. The Bertz CT molecular complexity index is 200. The fourth-order valence-corrected chi connectivity index (χ4v) is 1.91. The van der Waals surface area contributed by atoms with Crippen molar-refractivity contribution in [3.63, 3.8) is 0 Å². The van der Waals surface area contributed by atoms with Gasteiger partial charge in [-0.2, -0.15) is 0 Å². The van der Waals surface area contributed by atoms with Gasteiger partial charge in [0, 0.05) is 0 Å². The van der Waals surface area contributed by atoms with Gasteiger partial charge < -0.3 is 9.47 Å². The minimum Gasteiger partial charge on any atom is -0.462 e. The zero-order chi connectivity index (χ0) is 10.6. The first-order valence-corrected chi connectivity index (χ1v) is 4.62. The van der Waals surface area contributed by atoms with Gasteiger partial charge in [-0.25, -0.2) is 0 Å². The maximum absolute atomic E-state index is 11.3. The van der Waals surface area contributed by atoms with Gasteiger partial charge in [0.2, 0.25) is 0 Å². The van der Waals surface area contributed by atoms with Gasteiger partial charge in [0.25, 0.3) is 0 Å². The third-order valence-corrected chi connectivity index (χ3v) is 2.66. The molecule has 0 aromatic heterocycles. The standard InChI is InChI=1S/C10H14O4/c1-13-9(11)7-5-3-4-6-8(7)10(12)14-2/h7-8H,1-6H2. The summed E-state index contributed by atoms with van der Waals surface area (Å²) >= 11 is 0. The number of carbonyl (C=O) groups excluding carboxylic acids is 2. The fourth-order valence-electron chi connectivity index (χ4n) is 1.91. The summed E-state index contributed by atoms with van der Waals surface area (Å²) in [5.41, 5.74) is 0. The van der Waals surface area contributed by atoms with Crippen LogP contribution in [0.3, 0.4) is 0 Å². The molecule has 4 nitrogen and oxygen atoms in total. The minimum absolute atomic E-state index is 0.407. The van der Waals surface area contributed by atoms with E-state index in [1.807, 2.05) is 0 Å². The van der Waals surface area contributed by atoms with E-state index in [4.69, 9.17) is 0 Å². The normalized spacial score (nSPS) is 26.7. The predicted octanol–water partition coefficient (Wildman–Crippen LogP) is 1.46. The Hall–Kier alpha value is -1.06. The van der Waals surface area contributed by atoms with Crippen LogP contribution in [0.25, 0.3) is 0 Å². The van der Waals surface area contributed by atoms with E-state index in [1.165, 1.54) is 0 Å². The van der Waals surface area contributed by atoms with E-state index < -0.39 is 23.8 Å². The van der Waals surface area contributed by atoms with E-state index in [-0.39, 0.29) is 0 Å². The first-order valence-electron chi connectivity index (χ1n) is 4.62. The highest BCUT2D eigenvalue weighted by atomic mass is 16.5. The maximum atomic E-state index is 11.3. The number of esters is 2. The third-order valence-electron chi connectivity index (χ3n) is 2.66. The van der Waals surface area contributed by atoms with Crippen LogP contribution in [0.4, 0.5) is 0 Å². The van der Waals surface area contributed by atoms with Crippen molar-refractivity contribution in [3.05, 3.63) is 14.2 Å². The zero-order valence-corrected chi connectivity index (χ0v) is 8.03. The Balaban J connectivity index is 2.68. The summed E-state index contributed by atoms with van der Waals surface area (Å²) in [4.78, 5) is 22.6. The Labute approximate surface area is 83.6 Å². The number of hydrogen-bond acceptors (Lipinski definition) is 4. The number of hydrogen-bond donors (Lipinski definition) is 0. The van der Waals surface area contributed by atoms with Crippen LogP contribution in [0.1, 0.15) is 25.7 Å². The average molecular weight is 198 g/mol. The van der Waals surface area contributed by atoms with Crippen LogP contribution in [-0.4, -0.2) is 11.9 Å². The van der Waals surface area contributed by atoms with Gasteiger partial charge in [-0.1, -0.05) is 12.8 Å². The summed E-state index contributed by atoms with van der Waals surface area (Å²) in [6, 6.07) is 0. The molecule has 0 heterocycles. The molecule has 14 heavy (non-hydrogen) atoms. The van der Waals surface area contributed by atoms with Gasteiger partial charge in [0.1, 0.15) is 14.2 Å². The molecule has 0 aromatic rings. The summed E-state index contributed by atoms with van der Waals surface area (Å²) in [5.74, 6) is -1.67. The van der Waals surface area contributed by atoms with Crippen molar-refractivity contribution < 1.29 is 19.1 Å². The molecule has 1 rings (SSSR count). The highest BCUT2D eigenvalue weighted by Gasteiger charge is 2.37. The van der Waals surface area contributed by atoms with Crippen molar-refractivity contribution >= 4 is 11.9 Å². The molecule has 0 saturated heterocycles. The van der Waals surface area contributed by atoms with Crippen molar-refractivity contribution in [2.45, 2.75) is 25.7 Å². The lowest BCUT2D eigenvalue weighted by Gasteiger charge is -2.26. The van der Waals surface area contributed by atoms with Gasteiger partial charge in [-0.05, 0) is 12.8 Å². The van der Waals surface area contributed by atoms with Crippen LogP contribution in [0.15, 0.2) is 0 Å². The highest BCUT2D eigenvalue weighted by Crippen LogP contribution is 2.31. The van der Waals surface area contributed by atoms with Crippen LogP contribution >= 0.6 is 0 Å². The third kappa shape index (κ3) is 2.25. The van der Waals surface area contributed by atoms with Crippen molar-refractivity contribution in [2.24, 2.45) is 11.8 Å². The van der Waals surface area contributed by atoms with Crippen LogP contribution in [0.5, 0.6) is 0 Å². The van der Waals surface area contributed by atoms with Gasteiger partial charge in [0.15, 0.2) is 0 Å². The molecule has 1 aliphatic rings. The van der Waals surface area contributed by atoms with E-state index >= 15 is 0 Å². The molecule has 1 fully saturated rings. The highest BCUT2D eigenvalue weighted by molar-refractivity contribution is 5.82. The number of carbonyl (C=O) groups is 2. The molecule has 0 aromatic carbocycles. The quantitative estimate of drug-likeness (QED) is 0.630. The fraction of sp³-hybridized carbons (Fsp3) is 0.600. The molecule has 2 atom stereocenters. The molecule has 1 aliphatic carbocycles. The monoisotopic (exact) mass is 198 g/mol. The van der Waals surface area contributed by atoms with E-state index in [2.05, 4.69) is 23.7 Å². The largest absolute Gasteiger partial charge is 0.462 e. The van der Waals surface area contributed by atoms with E-state index in [9.17, 15) is 9.59 Å². The molecule has 0 bridgehead atoms. The lowest BCUT2D eigenvalue weighted by molar-refractivity contribution is -0.157. The molecule has 0 amide bonds. The van der Waals surface area contributed by atoms with Crippen molar-refractivity contribution in [1.82, 2.24) is 0 Å². The Morgan fingerprint density at radius 2 is 1.29 bits per heavy atom. The van der Waals surface area contributed by atoms with Crippen molar-refractivity contribution in [2.75, 3.05) is 0 Å². The number of rotatable bonds is 2. The number of ether oxygens (including phenoxy) is 2. The summed E-state index contributed by atoms with van der Waals surface area (Å²) < 4.78 is 8.79. The van der Waals surface area contributed by atoms with Crippen LogP contribution in [-0.2, 0) is 19.1 Å². The Kier molecular flexibility index (Phi) is 3.92. The topological polar surface area (TPSA) is 52.6 Å². The first-order chi connectivity index (χ1) is 6.70. The average Bonchev–Trinajstić information content (AvgIpc) is 2.27. The van der Waals surface area contributed by atoms with Gasteiger partial charge in [-0.3, -0.25) is 9.59 Å². The lowest BCUT2D eigenvalue weighted by Crippen LogP contribution is -2.33. The summed E-state index contributed by atoms with van der Waals surface area (Å²) in [5, 5.41) is 0. The zero-order valence-electron chi connectivity index (χ0n) is 8.03. The second-order valence-electron chi connectivity index (χ2n) is 3.42. The van der Waals surface area contributed by atoms with Crippen LogP contribution in [0.2, 0.25) is 0 Å². The summed E-state index contributed by atoms with van der Waals surface area (Å²) in [6.45, 7) is 0. The van der Waals surface area contributed by atoms with Crippen molar-refractivity contribution in [3.8, 4) is 0 Å². The molecule has 0 spiro atoms. The van der Waals surface area contributed by atoms with Crippen LogP contribution < -0.4 is 0 Å². The summed E-state index contributed by atoms with van der Waals surface area (Å²) in [6.07, 6.45) is 3.18. The second-order valence-corrected chi connectivity index (χ2v) is 3.42. The summed E-state index contributed by atoms with van der Waals surface area (Å²) in [7, 11) is 6.13. The molecule has 4 heteroatoms. The molecule has 0 N–H and O–H groups in total. The van der Waals surface area contributed by atoms with E-state index in [1.54, 1.807) is 0 Å². The van der Waals surface area contributed by atoms with Gasteiger partial charge in [0.05, 0.1) is 11.8 Å². The van der Waals surface area contributed by atoms with E-state index in [0.717, 1.165) is 12.8 Å². The lowest BCUT2D eigenvalue weighted by atomic mass is 9.79. The van der Waals surface area contributed by atoms with E-state index in [0.29, 0.717) is 12.8 Å². The van der Waals surface area contributed by atoms with Crippen LogP contribution in [0, 0.1) is 26.1 Å². The molecule has 78 valence electrons. The Morgan fingerprint density at radius 3 is 1.57 bits per heavy atom. The smallest absolute Gasteiger partial charge is 0.309 e. The molecular formula is C10H14O4. The maximum Gasteiger partial charge on any atom is 0.309 e. The molecule has 0 aliphatic heterocycles. The molecular weight excluding hydrogens is 184 g/mol. The predicted molar refractivity (Wildman–Crippen MR) is 48.3 cm³/mol. The van der Waals surface area contributed by atoms with Gasteiger partial charge in [-0.15, -0.1) is 0 Å². The van der Waals surface area contributed by atoms with Crippen molar-refractivity contribution in [1.29, 1.82) is 0 Å². The first kappa shape index (κ1) is 11.0. The Morgan fingerprint density at radius 1 is 0.929 bits per heavy atom. The molecule has 2 radical (unpaired) electrons.